The first kappa shape index (κ1) is 11.6. The molecule has 1 fully saturated rings. The van der Waals surface area contributed by atoms with E-state index in [-0.39, 0.29) is 0 Å². The Bertz CT molecular complexity index is 345. The number of hydrogen-bond acceptors (Lipinski definition) is 4. The van der Waals surface area contributed by atoms with Gasteiger partial charge in [-0.3, -0.25) is 0 Å². The maximum Gasteiger partial charge on any atom is 0.229 e. The molecule has 0 aromatic carbocycles. The van der Waals surface area contributed by atoms with Gasteiger partial charge in [0.2, 0.25) is 5.89 Å². The summed E-state index contributed by atoms with van der Waals surface area (Å²) in [6, 6.07) is 0. The molecule has 1 saturated carbocycles. The summed E-state index contributed by atoms with van der Waals surface area (Å²) < 4.78 is 5.32. The summed E-state index contributed by atoms with van der Waals surface area (Å²) in [5.74, 6) is 2.67. The fourth-order valence-electron chi connectivity index (χ4n) is 2.17. The van der Waals surface area contributed by atoms with Crippen LogP contribution in [0.25, 0.3) is 0 Å². The monoisotopic (exact) mass is 223 g/mol. The third-order valence-corrected chi connectivity index (χ3v) is 3.38. The van der Waals surface area contributed by atoms with E-state index in [1.54, 1.807) is 0 Å². The molecule has 4 heteroatoms. The number of rotatable bonds is 2. The van der Waals surface area contributed by atoms with Gasteiger partial charge in [0, 0.05) is 5.92 Å². The van der Waals surface area contributed by atoms with Crippen molar-refractivity contribution in [1.29, 1.82) is 0 Å². The Labute approximate surface area is 96.6 Å². The summed E-state index contributed by atoms with van der Waals surface area (Å²) in [7, 11) is 0. The largest absolute Gasteiger partial charge is 0.339 e. The topological polar surface area (TPSA) is 64.9 Å². The first-order chi connectivity index (χ1) is 7.47. The highest BCUT2D eigenvalue weighted by atomic mass is 16.5. The molecule has 1 heterocycles. The van der Waals surface area contributed by atoms with Gasteiger partial charge in [-0.1, -0.05) is 12.1 Å². The maximum atomic E-state index is 5.94. The first-order valence-corrected chi connectivity index (χ1v) is 6.10. The van der Waals surface area contributed by atoms with Crippen molar-refractivity contribution in [2.45, 2.75) is 57.9 Å². The number of nitrogens with zero attached hydrogens (tertiary/aromatic N) is 2. The van der Waals surface area contributed by atoms with E-state index in [0.29, 0.717) is 11.7 Å². The van der Waals surface area contributed by atoms with Crippen molar-refractivity contribution in [2.24, 2.45) is 11.7 Å². The normalized spacial score (nSPS) is 27.0. The van der Waals surface area contributed by atoms with Crippen molar-refractivity contribution >= 4 is 0 Å². The molecule has 2 N–H and O–H groups in total. The summed E-state index contributed by atoms with van der Waals surface area (Å²) in [6.07, 6.45) is 4.84. The molecule has 0 radical (unpaired) electrons. The zero-order chi connectivity index (χ0) is 11.8. The summed E-state index contributed by atoms with van der Waals surface area (Å²) >= 11 is 0. The van der Waals surface area contributed by atoms with Gasteiger partial charge in [0.15, 0.2) is 5.82 Å². The third kappa shape index (κ3) is 2.43. The van der Waals surface area contributed by atoms with Crippen molar-refractivity contribution in [3.05, 3.63) is 11.7 Å². The molecule has 0 atom stereocenters. The van der Waals surface area contributed by atoms with Gasteiger partial charge in [-0.05, 0) is 45.4 Å². The van der Waals surface area contributed by atoms with Crippen LogP contribution >= 0.6 is 0 Å². The SMILES string of the molecule is CC1CCC(c2nc(C(C)(C)N)no2)CC1. The van der Waals surface area contributed by atoms with Crippen LogP contribution in [0, 0.1) is 5.92 Å². The van der Waals surface area contributed by atoms with Gasteiger partial charge in [-0.15, -0.1) is 0 Å². The van der Waals surface area contributed by atoms with E-state index in [2.05, 4.69) is 17.1 Å². The molecule has 1 aromatic rings. The second kappa shape index (κ2) is 4.17. The van der Waals surface area contributed by atoms with Crippen LogP contribution in [-0.2, 0) is 5.54 Å². The van der Waals surface area contributed by atoms with Gasteiger partial charge in [-0.2, -0.15) is 4.98 Å². The molecule has 16 heavy (non-hydrogen) atoms. The molecule has 0 bridgehead atoms. The van der Waals surface area contributed by atoms with Crippen LogP contribution in [0.5, 0.6) is 0 Å². The molecular formula is C12H21N3O. The minimum absolute atomic E-state index is 0.444. The quantitative estimate of drug-likeness (QED) is 0.836. The predicted molar refractivity (Wildman–Crippen MR) is 61.9 cm³/mol. The molecule has 1 aliphatic carbocycles. The predicted octanol–water partition coefficient (Wildman–Crippen LogP) is 2.56. The highest BCUT2D eigenvalue weighted by Gasteiger charge is 2.27. The maximum absolute atomic E-state index is 5.94. The number of aromatic nitrogens is 2. The fraction of sp³-hybridized carbons (Fsp3) is 0.833. The standard InChI is InChI=1S/C12H21N3O/c1-8-4-6-9(7-5-8)10-14-11(15-16-10)12(2,3)13/h8-9H,4-7,13H2,1-3H3. The van der Waals surface area contributed by atoms with Crippen molar-refractivity contribution in [2.75, 3.05) is 0 Å². The summed E-state index contributed by atoms with van der Waals surface area (Å²) in [5.41, 5.74) is 5.43. The molecule has 0 amide bonds. The number of hydrogen-bond donors (Lipinski definition) is 1. The average Bonchev–Trinajstić information content (AvgIpc) is 2.67. The van der Waals surface area contributed by atoms with E-state index >= 15 is 0 Å². The van der Waals surface area contributed by atoms with Crippen molar-refractivity contribution in [3.63, 3.8) is 0 Å². The molecule has 2 rings (SSSR count). The molecule has 1 aliphatic rings. The van der Waals surface area contributed by atoms with Crippen LogP contribution in [0.15, 0.2) is 4.52 Å². The smallest absolute Gasteiger partial charge is 0.229 e. The van der Waals surface area contributed by atoms with Gasteiger partial charge in [-0.25, -0.2) is 0 Å². The Morgan fingerprint density at radius 3 is 2.38 bits per heavy atom. The minimum atomic E-state index is -0.510. The minimum Gasteiger partial charge on any atom is -0.339 e. The average molecular weight is 223 g/mol. The lowest BCUT2D eigenvalue weighted by molar-refractivity contribution is 0.279. The van der Waals surface area contributed by atoms with Crippen LogP contribution < -0.4 is 5.73 Å². The Balaban J connectivity index is 2.08. The Kier molecular flexibility index (Phi) is 3.02. The van der Waals surface area contributed by atoms with Crippen LogP contribution in [-0.4, -0.2) is 10.1 Å². The van der Waals surface area contributed by atoms with E-state index < -0.39 is 5.54 Å². The zero-order valence-corrected chi connectivity index (χ0v) is 10.4. The Morgan fingerprint density at radius 1 is 1.25 bits per heavy atom. The second-order valence-electron chi connectivity index (χ2n) is 5.63. The molecule has 90 valence electrons. The van der Waals surface area contributed by atoms with Crippen LogP contribution in [0.1, 0.15) is 64.1 Å². The van der Waals surface area contributed by atoms with Gasteiger partial charge in [0.1, 0.15) is 0 Å². The molecule has 0 saturated heterocycles. The molecule has 0 aliphatic heterocycles. The van der Waals surface area contributed by atoms with E-state index in [1.807, 2.05) is 13.8 Å². The van der Waals surface area contributed by atoms with Crippen LogP contribution in [0.4, 0.5) is 0 Å². The lowest BCUT2D eigenvalue weighted by Crippen LogP contribution is -2.30. The second-order valence-corrected chi connectivity index (χ2v) is 5.63. The summed E-state index contributed by atoms with van der Waals surface area (Å²) in [4.78, 5) is 4.43. The summed E-state index contributed by atoms with van der Waals surface area (Å²) in [5, 5.41) is 3.97. The van der Waals surface area contributed by atoms with Gasteiger partial charge in [0.25, 0.3) is 0 Å². The third-order valence-electron chi connectivity index (χ3n) is 3.38. The van der Waals surface area contributed by atoms with E-state index in [4.69, 9.17) is 10.3 Å². The van der Waals surface area contributed by atoms with Crippen molar-refractivity contribution in [3.8, 4) is 0 Å². The fourth-order valence-corrected chi connectivity index (χ4v) is 2.17. The van der Waals surface area contributed by atoms with Gasteiger partial charge >= 0.3 is 0 Å². The van der Waals surface area contributed by atoms with Crippen LogP contribution in [0.2, 0.25) is 0 Å². The lowest BCUT2D eigenvalue weighted by Gasteiger charge is -2.23. The van der Waals surface area contributed by atoms with Gasteiger partial charge in [0.05, 0.1) is 5.54 Å². The van der Waals surface area contributed by atoms with E-state index in [0.717, 1.165) is 24.7 Å². The molecular weight excluding hydrogens is 202 g/mol. The van der Waals surface area contributed by atoms with Crippen molar-refractivity contribution < 1.29 is 4.52 Å². The Hall–Kier alpha value is -0.900. The first-order valence-electron chi connectivity index (χ1n) is 6.10. The highest BCUT2D eigenvalue weighted by molar-refractivity contribution is 5.02. The van der Waals surface area contributed by atoms with Gasteiger partial charge < -0.3 is 10.3 Å². The van der Waals surface area contributed by atoms with E-state index in [1.165, 1.54) is 12.8 Å². The highest BCUT2D eigenvalue weighted by Crippen LogP contribution is 2.35. The lowest BCUT2D eigenvalue weighted by atomic mass is 9.83. The molecule has 1 aromatic heterocycles. The summed E-state index contributed by atoms with van der Waals surface area (Å²) in [6.45, 7) is 6.09. The van der Waals surface area contributed by atoms with Crippen molar-refractivity contribution in [1.82, 2.24) is 10.1 Å². The molecule has 0 unspecified atom stereocenters. The molecule has 4 nitrogen and oxygen atoms in total. The molecule has 0 spiro atoms. The van der Waals surface area contributed by atoms with E-state index in [9.17, 15) is 0 Å². The Morgan fingerprint density at radius 2 is 1.88 bits per heavy atom. The zero-order valence-electron chi connectivity index (χ0n) is 10.4. The van der Waals surface area contributed by atoms with Crippen LogP contribution in [0.3, 0.4) is 0 Å². The number of nitrogens with two attached hydrogens (primary N) is 1.